The average Bonchev–Trinajstić information content (AvgIpc) is 2.43. The highest BCUT2D eigenvalue weighted by molar-refractivity contribution is 4.82. The second-order valence-corrected chi connectivity index (χ2v) is 6.06. The Balaban J connectivity index is 2.05. The third kappa shape index (κ3) is 7.31. The Bertz CT molecular complexity index is 192. The molecule has 19 heavy (non-hydrogen) atoms. The summed E-state index contributed by atoms with van der Waals surface area (Å²) in [5.41, 5.74) is 0.0508. The van der Waals surface area contributed by atoms with Gasteiger partial charge in [0.1, 0.15) is 0 Å². The van der Waals surface area contributed by atoms with Crippen LogP contribution in [0, 0.1) is 0 Å². The molecule has 0 aromatic heterocycles. The molecule has 0 bridgehead atoms. The smallest absolute Gasteiger partial charge is 0.0915 e. The van der Waals surface area contributed by atoms with Crippen LogP contribution in [0.5, 0.6) is 0 Å². The summed E-state index contributed by atoms with van der Waals surface area (Å²) in [7, 11) is 0. The number of hydrogen-bond donors (Lipinski definition) is 0. The molecule has 1 fully saturated rings. The van der Waals surface area contributed by atoms with Gasteiger partial charge in [-0.25, -0.2) is 0 Å². The SMILES string of the molecule is CCCCCCCCCCC1(CCC)COCCO1. The standard InChI is InChI=1S/C17H34O2/c1-3-5-6-7-8-9-10-11-13-17(12-4-2)16-18-14-15-19-17/h3-16H2,1-2H3. The molecule has 0 N–H and O–H groups in total. The fourth-order valence-corrected chi connectivity index (χ4v) is 3.07. The van der Waals surface area contributed by atoms with E-state index < -0.39 is 0 Å². The Morgan fingerprint density at radius 3 is 2.00 bits per heavy atom. The topological polar surface area (TPSA) is 18.5 Å². The summed E-state index contributed by atoms with van der Waals surface area (Å²) in [5.74, 6) is 0. The van der Waals surface area contributed by atoms with Gasteiger partial charge in [-0.1, -0.05) is 71.6 Å². The van der Waals surface area contributed by atoms with Crippen LogP contribution in [0.3, 0.4) is 0 Å². The molecule has 1 heterocycles. The second-order valence-electron chi connectivity index (χ2n) is 6.06. The first-order valence-corrected chi connectivity index (χ1v) is 8.55. The van der Waals surface area contributed by atoms with E-state index in [2.05, 4.69) is 13.8 Å². The molecular weight excluding hydrogens is 236 g/mol. The normalized spacial score (nSPS) is 23.7. The molecule has 1 unspecified atom stereocenters. The maximum atomic E-state index is 6.04. The van der Waals surface area contributed by atoms with Crippen LogP contribution in [-0.4, -0.2) is 25.4 Å². The first-order valence-electron chi connectivity index (χ1n) is 8.55. The highest BCUT2D eigenvalue weighted by atomic mass is 16.6. The highest BCUT2D eigenvalue weighted by Crippen LogP contribution is 2.28. The van der Waals surface area contributed by atoms with E-state index in [1.54, 1.807) is 0 Å². The monoisotopic (exact) mass is 270 g/mol. The molecule has 1 rings (SSSR count). The Hall–Kier alpha value is -0.0800. The fourth-order valence-electron chi connectivity index (χ4n) is 3.07. The van der Waals surface area contributed by atoms with Crippen LogP contribution in [0.1, 0.15) is 84.5 Å². The van der Waals surface area contributed by atoms with E-state index in [9.17, 15) is 0 Å². The maximum absolute atomic E-state index is 6.04. The van der Waals surface area contributed by atoms with E-state index in [4.69, 9.17) is 9.47 Å². The third-order valence-electron chi connectivity index (χ3n) is 4.19. The average molecular weight is 270 g/mol. The highest BCUT2D eigenvalue weighted by Gasteiger charge is 2.32. The quantitative estimate of drug-likeness (QED) is 0.486. The van der Waals surface area contributed by atoms with Crippen LogP contribution in [0.4, 0.5) is 0 Å². The van der Waals surface area contributed by atoms with Crippen LogP contribution in [0.2, 0.25) is 0 Å². The van der Waals surface area contributed by atoms with Gasteiger partial charge in [0.25, 0.3) is 0 Å². The van der Waals surface area contributed by atoms with E-state index in [0.29, 0.717) is 0 Å². The summed E-state index contributed by atoms with van der Waals surface area (Å²) in [6.07, 6.45) is 14.6. The zero-order valence-corrected chi connectivity index (χ0v) is 13.2. The van der Waals surface area contributed by atoms with Crippen LogP contribution in [0.25, 0.3) is 0 Å². The molecule has 0 amide bonds. The van der Waals surface area contributed by atoms with Gasteiger partial charge < -0.3 is 9.47 Å². The summed E-state index contributed by atoms with van der Waals surface area (Å²) >= 11 is 0. The van der Waals surface area contributed by atoms with Gasteiger partial charge >= 0.3 is 0 Å². The van der Waals surface area contributed by atoms with Crippen molar-refractivity contribution in [3.8, 4) is 0 Å². The van der Waals surface area contributed by atoms with Gasteiger partial charge in [-0.2, -0.15) is 0 Å². The predicted octanol–water partition coefficient (Wildman–Crippen LogP) is 5.10. The van der Waals surface area contributed by atoms with Crippen LogP contribution < -0.4 is 0 Å². The molecule has 0 radical (unpaired) electrons. The van der Waals surface area contributed by atoms with Gasteiger partial charge in [-0.05, 0) is 12.8 Å². The van der Waals surface area contributed by atoms with E-state index in [1.165, 1.54) is 64.2 Å². The lowest BCUT2D eigenvalue weighted by Gasteiger charge is -2.37. The van der Waals surface area contributed by atoms with Crippen molar-refractivity contribution < 1.29 is 9.47 Å². The van der Waals surface area contributed by atoms with Gasteiger partial charge in [0.05, 0.1) is 25.4 Å². The predicted molar refractivity (Wildman–Crippen MR) is 81.6 cm³/mol. The maximum Gasteiger partial charge on any atom is 0.0915 e. The molecule has 2 heteroatoms. The minimum atomic E-state index is 0.0508. The molecule has 0 saturated carbocycles. The molecule has 2 nitrogen and oxygen atoms in total. The lowest BCUT2D eigenvalue weighted by molar-refractivity contribution is -0.164. The minimum Gasteiger partial charge on any atom is -0.376 e. The van der Waals surface area contributed by atoms with Gasteiger partial charge in [0.15, 0.2) is 0 Å². The van der Waals surface area contributed by atoms with Crippen molar-refractivity contribution in [2.75, 3.05) is 19.8 Å². The molecule has 0 aromatic carbocycles. The summed E-state index contributed by atoms with van der Waals surface area (Å²) in [5, 5.41) is 0. The van der Waals surface area contributed by atoms with Crippen molar-refractivity contribution >= 4 is 0 Å². The number of rotatable bonds is 11. The molecule has 1 atom stereocenters. The largest absolute Gasteiger partial charge is 0.376 e. The van der Waals surface area contributed by atoms with Gasteiger partial charge in [-0.15, -0.1) is 0 Å². The zero-order chi connectivity index (χ0) is 13.8. The van der Waals surface area contributed by atoms with Gasteiger partial charge in [0.2, 0.25) is 0 Å². The molecule has 0 aliphatic carbocycles. The third-order valence-corrected chi connectivity index (χ3v) is 4.19. The van der Waals surface area contributed by atoms with Crippen molar-refractivity contribution in [2.24, 2.45) is 0 Å². The summed E-state index contributed by atoms with van der Waals surface area (Å²) in [6, 6.07) is 0. The second kappa shape index (κ2) is 10.7. The molecule has 1 saturated heterocycles. The van der Waals surface area contributed by atoms with Gasteiger partial charge in [0, 0.05) is 0 Å². The summed E-state index contributed by atoms with van der Waals surface area (Å²) < 4.78 is 11.7. The molecule has 114 valence electrons. The Morgan fingerprint density at radius 2 is 1.42 bits per heavy atom. The van der Waals surface area contributed by atoms with E-state index in [1.807, 2.05) is 0 Å². The summed E-state index contributed by atoms with van der Waals surface area (Å²) in [4.78, 5) is 0. The molecular formula is C17H34O2. The lowest BCUT2D eigenvalue weighted by atomic mass is 9.91. The molecule has 1 aliphatic heterocycles. The van der Waals surface area contributed by atoms with Crippen LogP contribution in [0.15, 0.2) is 0 Å². The Morgan fingerprint density at radius 1 is 0.737 bits per heavy atom. The number of ether oxygens (including phenoxy) is 2. The first kappa shape index (κ1) is 17.0. The lowest BCUT2D eigenvalue weighted by Crippen LogP contribution is -2.43. The van der Waals surface area contributed by atoms with E-state index >= 15 is 0 Å². The molecule has 1 aliphatic rings. The molecule has 0 aromatic rings. The van der Waals surface area contributed by atoms with Crippen molar-refractivity contribution in [1.82, 2.24) is 0 Å². The van der Waals surface area contributed by atoms with Crippen LogP contribution >= 0.6 is 0 Å². The number of unbranched alkanes of at least 4 members (excludes halogenated alkanes) is 7. The minimum absolute atomic E-state index is 0.0508. The van der Waals surface area contributed by atoms with Crippen molar-refractivity contribution in [2.45, 2.75) is 90.1 Å². The molecule has 0 spiro atoms. The van der Waals surface area contributed by atoms with E-state index in [0.717, 1.165) is 26.2 Å². The van der Waals surface area contributed by atoms with Crippen molar-refractivity contribution in [1.29, 1.82) is 0 Å². The van der Waals surface area contributed by atoms with Crippen LogP contribution in [-0.2, 0) is 9.47 Å². The van der Waals surface area contributed by atoms with Gasteiger partial charge in [-0.3, -0.25) is 0 Å². The van der Waals surface area contributed by atoms with Crippen molar-refractivity contribution in [3.63, 3.8) is 0 Å². The zero-order valence-electron chi connectivity index (χ0n) is 13.2. The fraction of sp³-hybridized carbons (Fsp3) is 1.00. The van der Waals surface area contributed by atoms with E-state index in [-0.39, 0.29) is 5.60 Å². The first-order chi connectivity index (χ1) is 9.33. The Labute approximate surface area is 120 Å². The van der Waals surface area contributed by atoms with Crippen molar-refractivity contribution in [3.05, 3.63) is 0 Å². The Kier molecular flexibility index (Phi) is 9.54. The summed E-state index contributed by atoms with van der Waals surface area (Å²) in [6.45, 7) is 6.91. The number of hydrogen-bond acceptors (Lipinski definition) is 2.